The minimum atomic E-state index is -3.69. The second-order valence-electron chi connectivity index (χ2n) is 7.37. The van der Waals surface area contributed by atoms with Crippen LogP contribution < -0.4 is 4.72 Å². The fraction of sp³-hybridized carbons (Fsp3) is 0.348. The number of hydrogen-bond donors (Lipinski definition) is 1. The third-order valence-electron chi connectivity index (χ3n) is 5.18. The maximum absolute atomic E-state index is 13.1. The molecule has 1 aliphatic rings. The van der Waals surface area contributed by atoms with Gasteiger partial charge in [-0.15, -0.1) is 6.42 Å². The standard InChI is InChI=1S/C23H25FN2O3S/c1-2-15-26(17-18-7-10-21(24)11-8-18)23(27)13-14-25-30(28,29)22-12-9-19-5-3-4-6-20(19)16-22/h1,7-12,16,25H,3-6,13-15,17H2. The normalized spacial score (nSPS) is 13.3. The molecule has 2 aromatic carbocycles. The van der Waals surface area contributed by atoms with Crippen LogP contribution in [0.5, 0.6) is 0 Å². The third kappa shape index (κ3) is 5.68. The van der Waals surface area contributed by atoms with Crippen molar-refractivity contribution < 1.29 is 17.6 Å². The molecular weight excluding hydrogens is 403 g/mol. The minimum Gasteiger partial charge on any atom is -0.327 e. The number of terminal acetylenes is 1. The summed E-state index contributed by atoms with van der Waals surface area (Å²) in [4.78, 5) is 14.2. The Morgan fingerprint density at radius 1 is 1.10 bits per heavy atom. The minimum absolute atomic E-state index is 0.0208. The van der Waals surface area contributed by atoms with Crippen molar-refractivity contribution in [3.05, 3.63) is 65.0 Å². The van der Waals surface area contributed by atoms with Crippen LogP contribution in [0.3, 0.4) is 0 Å². The molecule has 0 heterocycles. The number of carbonyl (C=O) groups excluding carboxylic acids is 1. The highest BCUT2D eigenvalue weighted by Gasteiger charge is 2.19. The second-order valence-corrected chi connectivity index (χ2v) is 9.13. The average molecular weight is 429 g/mol. The van der Waals surface area contributed by atoms with Crippen LogP contribution >= 0.6 is 0 Å². The zero-order valence-corrected chi connectivity index (χ0v) is 17.6. The lowest BCUT2D eigenvalue weighted by Crippen LogP contribution is -2.34. The molecule has 5 nitrogen and oxygen atoms in total. The number of hydrogen-bond acceptors (Lipinski definition) is 3. The van der Waals surface area contributed by atoms with Gasteiger partial charge in [-0.1, -0.05) is 24.1 Å². The van der Waals surface area contributed by atoms with Crippen molar-refractivity contribution >= 4 is 15.9 Å². The van der Waals surface area contributed by atoms with Gasteiger partial charge in [0, 0.05) is 19.5 Å². The summed E-state index contributed by atoms with van der Waals surface area (Å²) < 4.78 is 40.8. The lowest BCUT2D eigenvalue weighted by atomic mass is 9.92. The van der Waals surface area contributed by atoms with Gasteiger partial charge >= 0.3 is 0 Å². The molecule has 0 bridgehead atoms. The predicted octanol–water partition coefficient (Wildman–Crippen LogP) is 3.03. The van der Waals surface area contributed by atoms with E-state index in [2.05, 4.69) is 10.6 Å². The Kier molecular flexibility index (Phi) is 7.24. The quantitative estimate of drug-likeness (QED) is 0.658. The van der Waals surface area contributed by atoms with Gasteiger partial charge < -0.3 is 4.90 Å². The number of fused-ring (bicyclic) bond motifs is 1. The van der Waals surface area contributed by atoms with E-state index in [0.717, 1.165) is 36.8 Å². The number of rotatable bonds is 8. The molecule has 0 spiro atoms. The maximum Gasteiger partial charge on any atom is 0.240 e. The predicted molar refractivity (Wildman–Crippen MR) is 114 cm³/mol. The van der Waals surface area contributed by atoms with E-state index in [0.29, 0.717) is 0 Å². The molecule has 1 aliphatic carbocycles. The van der Waals surface area contributed by atoms with Crippen molar-refractivity contribution in [1.29, 1.82) is 0 Å². The van der Waals surface area contributed by atoms with Crippen molar-refractivity contribution in [2.75, 3.05) is 13.1 Å². The molecule has 0 radical (unpaired) electrons. The number of aryl methyl sites for hydroxylation is 2. The Morgan fingerprint density at radius 2 is 1.80 bits per heavy atom. The number of halogens is 1. The van der Waals surface area contributed by atoms with Crippen molar-refractivity contribution in [2.45, 2.75) is 43.5 Å². The van der Waals surface area contributed by atoms with Crippen LogP contribution in [0.15, 0.2) is 47.4 Å². The first-order valence-corrected chi connectivity index (χ1v) is 11.4. The Hall–Kier alpha value is -2.69. The molecule has 1 amide bonds. The van der Waals surface area contributed by atoms with Gasteiger partial charge in [0.1, 0.15) is 5.82 Å². The van der Waals surface area contributed by atoms with Crippen LogP contribution in [0.2, 0.25) is 0 Å². The van der Waals surface area contributed by atoms with Crippen molar-refractivity contribution in [1.82, 2.24) is 9.62 Å². The average Bonchev–Trinajstić information content (AvgIpc) is 2.74. The van der Waals surface area contributed by atoms with Crippen molar-refractivity contribution in [3.63, 3.8) is 0 Å². The van der Waals surface area contributed by atoms with Crippen LogP contribution in [0.4, 0.5) is 4.39 Å². The molecule has 0 fully saturated rings. The molecule has 158 valence electrons. The maximum atomic E-state index is 13.1. The fourth-order valence-corrected chi connectivity index (χ4v) is 4.65. The van der Waals surface area contributed by atoms with Gasteiger partial charge in [-0.2, -0.15) is 0 Å². The number of carbonyl (C=O) groups is 1. The third-order valence-corrected chi connectivity index (χ3v) is 6.64. The molecule has 0 saturated heterocycles. The zero-order valence-electron chi connectivity index (χ0n) is 16.7. The lowest BCUT2D eigenvalue weighted by molar-refractivity contribution is -0.131. The molecule has 0 aromatic heterocycles. The Morgan fingerprint density at radius 3 is 2.50 bits per heavy atom. The van der Waals surface area contributed by atoms with Gasteiger partial charge in [0.15, 0.2) is 0 Å². The molecule has 0 unspecified atom stereocenters. The summed E-state index contributed by atoms with van der Waals surface area (Å²) in [5.74, 6) is 1.81. The number of amides is 1. The molecule has 30 heavy (non-hydrogen) atoms. The number of sulfonamides is 1. The van der Waals surface area contributed by atoms with E-state index in [1.54, 1.807) is 24.3 Å². The van der Waals surface area contributed by atoms with E-state index in [-0.39, 0.29) is 42.7 Å². The molecule has 0 atom stereocenters. The Labute approximate surface area is 177 Å². The molecule has 7 heteroatoms. The number of nitrogens with zero attached hydrogens (tertiary/aromatic N) is 1. The molecular formula is C23H25FN2O3S. The molecule has 0 aliphatic heterocycles. The first-order chi connectivity index (χ1) is 14.4. The number of benzene rings is 2. The number of nitrogens with one attached hydrogen (secondary N) is 1. The van der Waals surface area contributed by atoms with E-state index in [4.69, 9.17) is 6.42 Å². The van der Waals surface area contributed by atoms with E-state index in [1.165, 1.54) is 22.6 Å². The smallest absolute Gasteiger partial charge is 0.240 e. The summed E-state index contributed by atoms with van der Waals surface area (Å²) in [5.41, 5.74) is 3.04. The lowest BCUT2D eigenvalue weighted by Gasteiger charge is -2.21. The molecule has 2 aromatic rings. The SMILES string of the molecule is C#CCN(Cc1ccc(F)cc1)C(=O)CCNS(=O)(=O)c1ccc2c(c1)CCCC2. The fourth-order valence-electron chi connectivity index (χ4n) is 3.56. The Balaban J connectivity index is 1.58. The summed E-state index contributed by atoms with van der Waals surface area (Å²) in [6.07, 6.45) is 9.41. The van der Waals surface area contributed by atoms with Crippen molar-refractivity contribution in [3.8, 4) is 12.3 Å². The van der Waals surface area contributed by atoms with Gasteiger partial charge in [-0.05, 0) is 66.6 Å². The summed E-state index contributed by atoms with van der Waals surface area (Å²) in [7, 11) is -3.69. The van der Waals surface area contributed by atoms with Gasteiger partial charge in [-0.25, -0.2) is 17.5 Å². The second kappa shape index (κ2) is 9.88. The summed E-state index contributed by atoms with van der Waals surface area (Å²) in [6, 6.07) is 11.0. The van der Waals surface area contributed by atoms with E-state index in [1.807, 2.05) is 6.07 Å². The van der Waals surface area contributed by atoms with E-state index < -0.39 is 10.0 Å². The molecule has 0 saturated carbocycles. The summed E-state index contributed by atoms with van der Waals surface area (Å²) >= 11 is 0. The van der Waals surface area contributed by atoms with E-state index >= 15 is 0 Å². The van der Waals surface area contributed by atoms with Crippen LogP contribution in [-0.4, -0.2) is 32.3 Å². The highest BCUT2D eigenvalue weighted by atomic mass is 32.2. The Bertz CT molecular complexity index is 1040. The summed E-state index contributed by atoms with van der Waals surface area (Å²) in [5, 5.41) is 0. The van der Waals surface area contributed by atoms with Gasteiger partial charge in [0.2, 0.25) is 15.9 Å². The summed E-state index contributed by atoms with van der Waals surface area (Å²) in [6.45, 7) is 0.303. The van der Waals surface area contributed by atoms with Crippen LogP contribution in [0, 0.1) is 18.2 Å². The first-order valence-electron chi connectivity index (χ1n) is 9.96. The molecule has 3 rings (SSSR count). The van der Waals surface area contributed by atoms with Crippen LogP contribution in [0.25, 0.3) is 0 Å². The highest BCUT2D eigenvalue weighted by molar-refractivity contribution is 7.89. The first kappa shape index (κ1) is 22.0. The van der Waals surface area contributed by atoms with E-state index in [9.17, 15) is 17.6 Å². The van der Waals surface area contributed by atoms with Crippen LogP contribution in [0.1, 0.15) is 36.0 Å². The largest absolute Gasteiger partial charge is 0.327 e. The van der Waals surface area contributed by atoms with Crippen molar-refractivity contribution in [2.24, 2.45) is 0 Å². The van der Waals surface area contributed by atoms with Gasteiger partial charge in [0.25, 0.3) is 0 Å². The van der Waals surface area contributed by atoms with Crippen LogP contribution in [-0.2, 0) is 34.2 Å². The monoisotopic (exact) mass is 428 g/mol. The zero-order chi connectivity index (χ0) is 21.6. The molecule has 1 N–H and O–H groups in total. The topological polar surface area (TPSA) is 66.5 Å². The van der Waals surface area contributed by atoms with Gasteiger partial charge in [-0.3, -0.25) is 4.79 Å². The van der Waals surface area contributed by atoms with Gasteiger partial charge in [0.05, 0.1) is 11.4 Å². The highest BCUT2D eigenvalue weighted by Crippen LogP contribution is 2.24.